The van der Waals surface area contributed by atoms with Crippen molar-refractivity contribution in [2.24, 2.45) is 11.7 Å². The molecule has 6 nitrogen and oxygen atoms in total. The lowest BCUT2D eigenvalue weighted by Crippen LogP contribution is -2.59. The van der Waals surface area contributed by atoms with E-state index in [1.165, 1.54) is 14.2 Å². The number of nitrogens with two attached hydrogens (primary N) is 1. The van der Waals surface area contributed by atoms with Gasteiger partial charge in [-0.1, -0.05) is 44.2 Å². The predicted molar refractivity (Wildman–Crippen MR) is 88.5 cm³/mol. The standard InChI is InChI=1S/C17H28N2O4/c1-5-19(11-14-9-7-6-8-10-14)12-15(20)17(18,21)13(2)16(22-3)23-4/h6-10,13,16,21H,5,11-12,18H2,1-4H3. The highest BCUT2D eigenvalue weighted by atomic mass is 16.7. The van der Waals surface area contributed by atoms with Gasteiger partial charge >= 0.3 is 0 Å². The smallest absolute Gasteiger partial charge is 0.193 e. The first-order valence-electron chi connectivity index (χ1n) is 7.73. The number of benzene rings is 1. The Morgan fingerprint density at radius 3 is 2.35 bits per heavy atom. The van der Waals surface area contributed by atoms with Crippen molar-refractivity contribution in [1.29, 1.82) is 0 Å². The molecule has 0 fully saturated rings. The number of methoxy groups -OCH3 is 2. The maximum atomic E-state index is 12.5. The number of ketones is 1. The van der Waals surface area contributed by atoms with Gasteiger partial charge in [0.15, 0.2) is 17.8 Å². The summed E-state index contributed by atoms with van der Waals surface area (Å²) in [6.07, 6.45) is -0.752. The van der Waals surface area contributed by atoms with Crippen molar-refractivity contribution in [2.75, 3.05) is 27.3 Å². The van der Waals surface area contributed by atoms with Crippen molar-refractivity contribution >= 4 is 5.78 Å². The van der Waals surface area contributed by atoms with Gasteiger partial charge < -0.3 is 14.6 Å². The Labute approximate surface area is 138 Å². The largest absolute Gasteiger partial charge is 0.369 e. The summed E-state index contributed by atoms with van der Waals surface area (Å²) in [5.74, 6) is -1.15. The van der Waals surface area contributed by atoms with E-state index in [0.717, 1.165) is 5.56 Å². The van der Waals surface area contributed by atoms with Crippen molar-refractivity contribution < 1.29 is 19.4 Å². The normalized spacial score (nSPS) is 15.7. The number of hydrogen-bond acceptors (Lipinski definition) is 6. The Morgan fingerprint density at radius 1 is 1.30 bits per heavy atom. The zero-order valence-corrected chi connectivity index (χ0v) is 14.4. The third-order valence-corrected chi connectivity index (χ3v) is 4.08. The van der Waals surface area contributed by atoms with Crippen molar-refractivity contribution in [1.82, 2.24) is 4.90 Å². The van der Waals surface area contributed by atoms with E-state index in [9.17, 15) is 9.90 Å². The van der Waals surface area contributed by atoms with E-state index in [4.69, 9.17) is 15.2 Å². The first kappa shape index (κ1) is 19.7. The van der Waals surface area contributed by atoms with Gasteiger partial charge in [-0.05, 0) is 12.1 Å². The first-order valence-corrected chi connectivity index (χ1v) is 7.73. The van der Waals surface area contributed by atoms with Gasteiger partial charge in [-0.15, -0.1) is 0 Å². The number of hydrogen-bond donors (Lipinski definition) is 2. The Bertz CT molecular complexity index is 475. The fourth-order valence-corrected chi connectivity index (χ4v) is 2.42. The molecule has 130 valence electrons. The van der Waals surface area contributed by atoms with Crippen LogP contribution in [0.1, 0.15) is 19.4 Å². The number of aliphatic hydroxyl groups is 1. The summed E-state index contributed by atoms with van der Waals surface area (Å²) in [5, 5.41) is 10.4. The highest BCUT2D eigenvalue weighted by Gasteiger charge is 2.42. The summed E-state index contributed by atoms with van der Waals surface area (Å²) in [4.78, 5) is 14.4. The molecule has 0 saturated heterocycles. The number of likely N-dealkylation sites (N-methyl/N-ethyl adjacent to an activating group) is 1. The summed E-state index contributed by atoms with van der Waals surface area (Å²) in [6, 6.07) is 9.84. The van der Waals surface area contributed by atoms with Gasteiger partial charge in [0.25, 0.3) is 0 Å². The van der Waals surface area contributed by atoms with Crippen LogP contribution in [0.5, 0.6) is 0 Å². The zero-order chi connectivity index (χ0) is 17.5. The van der Waals surface area contributed by atoms with Crippen LogP contribution >= 0.6 is 0 Å². The van der Waals surface area contributed by atoms with Gasteiger partial charge in [0, 0.05) is 20.8 Å². The van der Waals surface area contributed by atoms with E-state index in [1.54, 1.807) is 6.92 Å². The van der Waals surface area contributed by atoms with Crippen molar-refractivity contribution in [3.8, 4) is 0 Å². The molecule has 0 aliphatic rings. The Morgan fingerprint density at radius 2 is 1.87 bits per heavy atom. The second-order valence-electron chi connectivity index (χ2n) is 5.67. The average molecular weight is 324 g/mol. The lowest BCUT2D eigenvalue weighted by molar-refractivity contribution is -0.188. The monoisotopic (exact) mass is 324 g/mol. The van der Waals surface area contributed by atoms with Crippen molar-refractivity contribution in [3.63, 3.8) is 0 Å². The van der Waals surface area contributed by atoms with Crippen molar-refractivity contribution in [2.45, 2.75) is 32.4 Å². The summed E-state index contributed by atoms with van der Waals surface area (Å²) >= 11 is 0. The Kier molecular flexibility index (Phi) is 7.81. The Balaban J connectivity index is 2.74. The lowest BCUT2D eigenvalue weighted by atomic mass is 9.93. The molecule has 1 aromatic rings. The molecule has 6 heteroatoms. The first-order chi connectivity index (χ1) is 10.9. The van der Waals surface area contributed by atoms with Gasteiger partial charge in [-0.2, -0.15) is 0 Å². The molecule has 0 bridgehead atoms. The van der Waals surface area contributed by atoms with Crippen molar-refractivity contribution in [3.05, 3.63) is 35.9 Å². The van der Waals surface area contributed by atoms with Gasteiger partial charge in [0.05, 0.1) is 12.5 Å². The average Bonchev–Trinajstić information content (AvgIpc) is 2.55. The molecule has 1 rings (SSSR count). The van der Waals surface area contributed by atoms with Gasteiger partial charge in [-0.3, -0.25) is 15.4 Å². The van der Waals surface area contributed by atoms with Crippen LogP contribution < -0.4 is 5.73 Å². The number of ether oxygens (including phenoxy) is 2. The van der Waals surface area contributed by atoms with Crippen LogP contribution in [-0.2, 0) is 20.8 Å². The van der Waals surface area contributed by atoms with Crippen LogP contribution in [0.4, 0.5) is 0 Å². The molecule has 2 atom stereocenters. The summed E-state index contributed by atoms with van der Waals surface area (Å²) in [5.41, 5.74) is 4.96. The number of carbonyl (C=O) groups excluding carboxylic acids is 1. The fraction of sp³-hybridized carbons (Fsp3) is 0.588. The second-order valence-corrected chi connectivity index (χ2v) is 5.67. The zero-order valence-electron chi connectivity index (χ0n) is 14.4. The highest BCUT2D eigenvalue weighted by molar-refractivity contribution is 5.88. The summed E-state index contributed by atoms with van der Waals surface area (Å²) in [7, 11) is 2.89. The minimum atomic E-state index is -2.01. The number of carbonyl (C=O) groups is 1. The highest BCUT2D eigenvalue weighted by Crippen LogP contribution is 2.20. The van der Waals surface area contributed by atoms with E-state index < -0.39 is 23.7 Å². The quantitative estimate of drug-likeness (QED) is 0.624. The van der Waals surface area contributed by atoms with Crippen LogP contribution in [0.25, 0.3) is 0 Å². The molecule has 0 aliphatic carbocycles. The van der Waals surface area contributed by atoms with Gasteiger partial charge in [0.2, 0.25) is 0 Å². The Hall–Kier alpha value is -1.31. The minimum absolute atomic E-state index is 0.0584. The molecule has 0 heterocycles. The predicted octanol–water partition coefficient (Wildman–Crippen LogP) is 0.980. The van der Waals surface area contributed by atoms with Crippen LogP contribution in [0.15, 0.2) is 30.3 Å². The molecule has 0 aliphatic heterocycles. The molecule has 0 radical (unpaired) electrons. The third-order valence-electron chi connectivity index (χ3n) is 4.08. The molecule has 0 saturated carbocycles. The summed E-state index contributed by atoms with van der Waals surface area (Å²) < 4.78 is 10.2. The summed E-state index contributed by atoms with van der Waals surface area (Å²) in [6.45, 7) is 4.93. The molecule has 23 heavy (non-hydrogen) atoms. The maximum absolute atomic E-state index is 12.5. The maximum Gasteiger partial charge on any atom is 0.193 e. The van der Waals surface area contributed by atoms with E-state index in [0.29, 0.717) is 13.1 Å². The molecule has 3 N–H and O–H groups in total. The topological polar surface area (TPSA) is 85.0 Å². The molecule has 0 aromatic heterocycles. The van der Waals surface area contributed by atoms with Crippen LogP contribution in [-0.4, -0.2) is 55.1 Å². The van der Waals surface area contributed by atoms with E-state index in [-0.39, 0.29) is 6.54 Å². The van der Waals surface area contributed by atoms with Gasteiger partial charge in [0.1, 0.15) is 0 Å². The molecule has 0 amide bonds. The molecular formula is C17H28N2O4. The molecule has 1 aromatic carbocycles. The molecule has 2 unspecified atom stereocenters. The lowest BCUT2D eigenvalue weighted by Gasteiger charge is -2.34. The van der Waals surface area contributed by atoms with Crippen LogP contribution in [0, 0.1) is 5.92 Å². The van der Waals surface area contributed by atoms with E-state index >= 15 is 0 Å². The minimum Gasteiger partial charge on any atom is -0.369 e. The van der Waals surface area contributed by atoms with Crippen LogP contribution in [0.2, 0.25) is 0 Å². The third kappa shape index (κ3) is 5.37. The fourth-order valence-electron chi connectivity index (χ4n) is 2.42. The van der Waals surface area contributed by atoms with E-state index in [1.807, 2.05) is 42.2 Å². The van der Waals surface area contributed by atoms with Gasteiger partial charge in [-0.25, -0.2) is 0 Å². The second kappa shape index (κ2) is 9.10. The van der Waals surface area contributed by atoms with Crippen LogP contribution in [0.3, 0.4) is 0 Å². The SMILES string of the molecule is CCN(CC(=O)C(N)(O)C(C)C(OC)OC)Cc1ccccc1. The molecular weight excluding hydrogens is 296 g/mol. The number of nitrogens with zero attached hydrogens (tertiary/aromatic N) is 1. The number of rotatable bonds is 10. The number of Topliss-reactive ketones (excluding diaryl/α,β-unsaturated/α-hetero) is 1. The van der Waals surface area contributed by atoms with E-state index in [2.05, 4.69) is 0 Å². The molecule has 0 spiro atoms.